The molecular formula is C16H25NO2. The second-order valence-corrected chi connectivity index (χ2v) is 5.12. The van der Waals surface area contributed by atoms with Gasteiger partial charge in [0, 0.05) is 12.1 Å². The number of benzene rings is 1. The van der Waals surface area contributed by atoms with Crippen LogP contribution < -0.4 is 14.8 Å². The summed E-state index contributed by atoms with van der Waals surface area (Å²) < 4.78 is 11.4. The van der Waals surface area contributed by atoms with E-state index in [0.717, 1.165) is 30.6 Å². The van der Waals surface area contributed by atoms with E-state index in [4.69, 9.17) is 9.47 Å². The molecular weight excluding hydrogens is 238 g/mol. The predicted octanol–water partition coefficient (Wildman–Crippen LogP) is 3.24. The lowest BCUT2D eigenvalue weighted by molar-refractivity contribution is 0.247. The fourth-order valence-corrected chi connectivity index (χ4v) is 2.20. The highest BCUT2D eigenvalue weighted by Crippen LogP contribution is 2.33. The van der Waals surface area contributed by atoms with E-state index in [1.54, 1.807) is 0 Å². The van der Waals surface area contributed by atoms with E-state index in [2.05, 4.69) is 12.2 Å². The van der Waals surface area contributed by atoms with Crippen molar-refractivity contribution in [2.75, 3.05) is 19.8 Å². The molecule has 1 aliphatic carbocycles. The van der Waals surface area contributed by atoms with Gasteiger partial charge >= 0.3 is 0 Å². The summed E-state index contributed by atoms with van der Waals surface area (Å²) in [6, 6.07) is 8.39. The van der Waals surface area contributed by atoms with Gasteiger partial charge in [-0.2, -0.15) is 0 Å². The summed E-state index contributed by atoms with van der Waals surface area (Å²) in [6.45, 7) is 6.70. The fraction of sp³-hybridized carbons (Fsp3) is 0.625. The molecule has 0 bridgehead atoms. The molecule has 19 heavy (non-hydrogen) atoms. The molecule has 1 saturated carbocycles. The second kappa shape index (κ2) is 7.39. The first-order valence-corrected chi connectivity index (χ1v) is 7.42. The van der Waals surface area contributed by atoms with Gasteiger partial charge in [0.25, 0.3) is 0 Å². The van der Waals surface area contributed by atoms with Gasteiger partial charge in [0.05, 0.1) is 6.61 Å². The molecule has 1 aromatic carbocycles. The normalized spacial score (nSPS) is 16.1. The summed E-state index contributed by atoms with van der Waals surface area (Å²) in [7, 11) is 0. The summed E-state index contributed by atoms with van der Waals surface area (Å²) in [5.74, 6) is 2.58. The summed E-state index contributed by atoms with van der Waals surface area (Å²) in [5.41, 5.74) is 0. The topological polar surface area (TPSA) is 30.5 Å². The van der Waals surface area contributed by atoms with Crippen LogP contribution in [-0.2, 0) is 0 Å². The van der Waals surface area contributed by atoms with Gasteiger partial charge in [-0.15, -0.1) is 0 Å². The highest BCUT2D eigenvalue weighted by molar-refractivity contribution is 5.32. The summed E-state index contributed by atoms with van der Waals surface area (Å²) >= 11 is 0. The lowest BCUT2D eigenvalue weighted by atomic mass is 10.2. The number of rotatable bonds is 9. The molecule has 0 aromatic heterocycles. The first-order valence-electron chi connectivity index (χ1n) is 7.42. The Kier molecular flexibility index (Phi) is 5.52. The van der Waals surface area contributed by atoms with Crippen molar-refractivity contribution in [2.45, 2.75) is 39.2 Å². The number of nitrogens with one attached hydrogen (secondary N) is 1. The first kappa shape index (κ1) is 14.2. The van der Waals surface area contributed by atoms with Crippen LogP contribution in [0.2, 0.25) is 0 Å². The van der Waals surface area contributed by atoms with Crippen LogP contribution in [0.1, 0.15) is 33.1 Å². The van der Waals surface area contributed by atoms with Crippen LogP contribution in [0.4, 0.5) is 0 Å². The van der Waals surface area contributed by atoms with E-state index >= 15 is 0 Å². The van der Waals surface area contributed by atoms with Crippen LogP contribution in [0.3, 0.4) is 0 Å². The zero-order chi connectivity index (χ0) is 13.5. The maximum absolute atomic E-state index is 5.91. The van der Waals surface area contributed by atoms with Gasteiger partial charge in [-0.05, 0) is 50.8 Å². The Morgan fingerprint density at radius 2 is 1.95 bits per heavy atom. The molecule has 0 aliphatic heterocycles. The highest BCUT2D eigenvalue weighted by atomic mass is 16.5. The number of ether oxygens (including phenoxy) is 2. The SMILES string of the molecule is CCCNC(COc1cccc(OCC)c1)C1CC1. The van der Waals surface area contributed by atoms with Crippen LogP contribution in [0, 0.1) is 5.92 Å². The average Bonchev–Trinajstić information content (AvgIpc) is 3.24. The average molecular weight is 263 g/mol. The van der Waals surface area contributed by atoms with E-state index in [1.165, 1.54) is 19.3 Å². The molecule has 0 heterocycles. The van der Waals surface area contributed by atoms with Gasteiger partial charge < -0.3 is 14.8 Å². The third kappa shape index (κ3) is 4.75. The van der Waals surface area contributed by atoms with Crippen molar-refractivity contribution in [3.05, 3.63) is 24.3 Å². The van der Waals surface area contributed by atoms with Crippen LogP contribution in [0.15, 0.2) is 24.3 Å². The Balaban J connectivity index is 1.83. The molecule has 106 valence electrons. The van der Waals surface area contributed by atoms with Gasteiger partial charge in [0.2, 0.25) is 0 Å². The Hall–Kier alpha value is -1.22. The van der Waals surface area contributed by atoms with Gasteiger partial charge in [-0.1, -0.05) is 13.0 Å². The number of hydrogen-bond donors (Lipinski definition) is 1. The van der Waals surface area contributed by atoms with Crippen molar-refractivity contribution >= 4 is 0 Å². The largest absolute Gasteiger partial charge is 0.494 e. The third-order valence-electron chi connectivity index (χ3n) is 3.39. The third-order valence-corrected chi connectivity index (χ3v) is 3.39. The molecule has 0 amide bonds. The molecule has 1 fully saturated rings. The monoisotopic (exact) mass is 263 g/mol. The van der Waals surface area contributed by atoms with Crippen LogP contribution in [-0.4, -0.2) is 25.8 Å². The molecule has 0 radical (unpaired) electrons. The van der Waals surface area contributed by atoms with Gasteiger partial charge in [0.15, 0.2) is 0 Å². The Labute approximate surface area is 116 Å². The van der Waals surface area contributed by atoms with Crippen molar-refractivity contribution in [3.63, 3.8) is 0 Å². The lowest BCUT2D eigenvalue weighted by Crippen LogP contribution is -2.37. The minimum atomic E-state index is 0.496. The maximum atomic E-state index is 5.91. The maximum Gasteiger partial charge on any atom is 0.123 e. The molecule has 3 nitrogen and oxygen atoms in total. The lowest BCUT2D eigenvalue weighted by Gasteiger charge is -2.18. The predicted molar refractivity (Wildman–Crippen MR) is 77.9 cm³/mol. The number of hydrogen-bond acceptors (Lipinski definition) is 3. The molecule has 1 atom stereocenters. The second-order valence-electron chi connectivity index (χ2n) is 5.12. The molecule has 3 heteroatoms. The summed E-state index contributed by atoms with van der Waals surface area (Å²) in [6.07, 6.45) is 3.84. The molecule has 1 unspecified atom stereocenters. The van der Waals surface area contributed by atoms with E-state index in [-0.39, 0.29) is 0 Å². The Morgan fingerprint density at radius 3 is 2.58 bits per heavy atom. The van der Waals surface area contributed by atoms with Crippen molar-refractivity contribution in [1.82, 2.24) is 5.32 Å². The van der Waals surface area contributed by atoms with Gasteiger partial charge in [-0.25, -0.2) is 0 Å². The van der Waals surface area contributed by atoms with E-state index in [9.17, 15) is 0 Å². The van der Waals surface area contributed by atoms with Crippen molar-refractivity contribution in [2.24, 2.45) is 5.92 Å². The fourth-order valence-electron chi connectivity index (χ4n) is 2.20. The van der Waals surface area contributed by atoms with Crippen LogP contribution in [0.25, 0.3) is 0 Å². The Bertz CT molecular complexity index is 377. The quantitative estimate of drug-likeness (QED) is 0.742. The first-order chi connectivity index (χ1) is 9.33. The highest BCUT2D eigenvalue weighted by Gasteiger charge is 2.31. The zero-order valence-corrected chi connectivity index (χ0v) is 12.0. The minimum Gasteiger partial charge on any atom is -0.494 e. The minimum absolute atomic E-state index is 0.496. The molecule has 2 rings (SSSR count). The molecule has 0 spiro atoms. The molecule has 1 aromatic rings. The van der Waals surface area contributed by atoms with Gasteiger partial charge in [0.1, 0.15) is 18.1 Å². The van der Waals surface area contributed by atoms with E-state index in [1.807, 2.05) is 31.2 Å². The molecule has 1 aliphatic rings. The Morgan fingerprint density at radius 1 is 1.21 bits per heavy atom. The molecule has 0 saturated heterocycles. The van der Waals surface area contributed by atoms with Crippen molar-refractivity contribution < 1.29 is 9.47 Å². The standard InChI is InChI=1S/C16H25NO2/c1-3-10-17-16(13-8-9-13)12-19-15-7-5-6-14(11-15)18-4-2/h5-7,11,13,16-17H,3-4,8-10,12H2,1-2H3. The van der Waals surface area contributed by atoms with Crippen molar-refractivity contribution in [1.29, 1.82) is 0 Å². The van der Waals surface area contributed by atoms with Crippen LogP contribution >= 0.6 is 0 Å². The van der Waals surface area contributed by atoms with Crippen molar-refractivity contribution in [3.8, 4) is 11.5 Å². The van der Waals surface area contributed by atoms with E-state index < -0.39 is 0 Å². The van der Waals surface area contributed by atoms with E-state index in [0.29, 0.717) is 12.6 Å². The molecule has 1 N–H and O–H groups in total. The van der Waals surface area contributed by atoms with Gasteiger partial charge in [-0.3, -0.25) is 0 Å². The van der Waals surface area contributed by atoms with Crippen LogP contribution in [0.5, 0.6) is 11.5 Å². The zero-order valence-electron chi connectivity index (χ0n) is 12.0. The summed E-state index contributed by atoms with van der Waals surface area (Å²) in [5, 5.41) is 3.59. The smallest absolute Gasteiger partial charge is 0.123 e. The summed E-state index contributed by atoms with van der Waals surface area (Å²) in [4.78, 5) is 0.